The van der Waals surface area contributed by atoms with Gasteiger partial charge in [0.05, 0.1) is 19.1 Å². The van der Waals surface area contributed by atoms with Crippen molar-refractivity contribution in [2.24, 2.45) is 5.92 Å². The van der Waals surface area contributed by atoms with Gasteiger partial charge in [-0.1, -0.05) is 0 Å². The summed E-state index contributed by atoms with van der Waals surface area (Å²) >= 11 is 0. The molecule has 19 heavy (non-hydrogen) atoms. The lowest BCUT2D eigenvalue weighted by Gasteiger charge is -2.33. The molecule has 3 N–H and O–H groups in total. The zero-order chi connectivity index (χ0) is 13.0. The molecule has 1 aliphatic heterocycles. The fourth-order valence-corrected chi connectivity index (χ4v) is 2.20. The summed E-state index contributed by atoms with van der Waals surface area (Å²) in [7, 11) is 0. The number of piperazine rings is 1. The molecule has 1 saturated heterocycles. The highest BCUT2D eigenvalue weighted by atomic mass is 35.5. The molecule has 2 amide bonds. The Hall–Kier alpha value is -0.850. The topological polar surface area (TPSA) is 81.7 Å². The maximum absolute atomic E-state index is 12.1. The van der Waals surface area contributed by atoms with Crippen molar-refractivity contribution in [1.82, 2.24) is 15.5 Å². The summed E-state index contributed by atoms with van der Waals surface area (Å²) in [5, 5.41) is 14.3. The first-order valence-corrected chi connectivity index (χ1v) is 6.60. The third-order valence-corrected chi connectivity index (χ3v) is 3.38. The van der Waals surface area contributed by atoms with Gasteiger partial charge in [0.25, 0.3) is 0 Å². The lowest BCUT2D eigenvalue weighted by atomic mass is 10.1. The van der Waals surface area contributed by atoms with Crippen molar-refractivity contribution >= 4 is 24.2 Å². The number of carbonyl (C=O) groups excluding carboxylic acids is 2. The van der Waals surface area contributed by atoms with E-state index in [0.29, 0.717) is 5.92 Å². The first-order valence-electron chi connectivity index (χ1n) is 6.60. The Bertz CT molecular complexity index is 323. The molecule has 0 bridgehead atoms. The van der Waals surface area contributed by atoms with E-state index in [1.54, 1.807) is 0 Å². The number of hydrogen-bond donors (Lipinski definition) is 3. The molecule has 0 aromatic carbocycles. The van der Waals surface area contributed by atoms with Gasteiger partial charge in [0, 0.05) is 26.2 Å². The molecular weight excluding hydrogens is 270 g/mol. The normalized spacial score (nSPS) is 22.9. The lowest BCUT2D eigenvalue weighted by molar-refractivity contribution is -0.138. The van der Waals surface area contributed by atoms with Gasteiger partial charge in [-0.2, -0.15) is 0 Å². The molecule has 2 fully saturated rings. The standard InChI is InChI=1S/C12H21N3O3.ClH/c16-6-4-14-11(17)7-10-12(18)15(5-3-13-10)8-9-1-2-9;/h9-10,13,16H,1-8H2,(H,14,17);1H. The van der Waals surface area contributed by atoms with Gasteiger partial charge in [0.1, 0.15) is 0 Å². The van der Waals surface area contributed by atoms with E-state index in [1.165, 1.54) is 12.8 Å². The van der Waals surface area contributed by atoms with Gasteiger partial charge in [0.15, 0.2) is 0 Å². The number of halogens is 1. The number of aliphatic hydroxyl groups excluding tert-OH is 1. The average molecular weight is 292 g/mol. The first-order chi connectivity index (χ1) is 8.70. The molecule has 1 heterocycles. The summed E-state index contributed by atoms with van der Waals surface area (Å²) in [5.41, 5.74) is 0. The van der Waals surface area contributed by atoms with Gasteiger partial charge in [-0.25, -0.2) is 0 Å². The van der Waals surface area contributed by atoms with Crippen molar-refractivity contribution in [3.05, 3.63) is 0 Å². The van der Waals surface area contributed by atoms with Gasteiger partial charge >= 0.3 is 0 Å². The molecule has 1 aliphatic carbocycles. The van der Waals surface area contributed by atoms with Gasteiger partial charge < -0.3 is 20.6 Å². The second-order valence-corrected chi connectivity index (χ2v) is 5.01. The second-order valence-electron chi connectivity index (χ2n) is 5.01. The molecule has 1 atom stereocenters. The molecule has 110 valence electrons. The Kier molecular flexibility index (Phi) is 6.54. The van der Waals surface area contributed by atoms with E-state index >= 15 is 0 Å². The summed E-state index contributed by atoms with van der Waals surface area (Å²) in [4.78, 5) is 25.5. The summed E-state index contributed by atoms with van der Waals surface area (Å²) in [6, 6.07) is -0.406. The van der Waals surface area contributed by atoms with Crippen LogP contribution in [0.1, 0.15) is 19.3 Å². The van der Waals surface area contributed by atoms with Crippen LogP contribution in [0.3, 0.4) is 0 Å². The van der Waals surface area contributed by atoms with Crippen molar-refractivity contribution < 1.29 is 14.7 Å². The van der Waals surface area contributed by atoms with Crippen LogP contribution in [0.15, 0.2) is 0 Å². The Morgan fingerprint density at radius 2 is 2.21 bits per heavy atom. The van der Waals surface area contributed by atoms with Crippen LogP contribution in [0.2, 0.25) is 0 Å². The number of nitrogens with one attached hydrogen (secondary N) is 2. The van der Waals surface area contributed by atoms with Crippen LogP contribution in [0.4, 0.5) is 0 Å². The summed E-state index contributed by atoms with van der Waals surface area (Å²) in [6.07, 6.45) is 2.59. The van der Waals surface area contributed by atoms with Crippen LogP contribution < -0.4 is 10.6 Å². The smallest absolute Gasteiger partial charge is 0.240 e. The molecule has 0 radical (unpaired) electrons. The number of rotatable bonds is 6. The summed E-state index contributed by atoms with van der Waals surface area (Å²) < 4.78 is 0. The van der Waals surface area contributed by atoms with Crippen molar-refractivity contribution in [2.45, 2.75) is 25.3 Å². The number of nitrogens with zero attached hydrogens (tertiary/aromatic N) is 1. The highest BCUT2D eigenvalue weighted by Crippen LogP contribution is 2.30. The Morgan fingerprint density at radius 1 is 1.47 bits per heavy atom. The third kappa shape index (κ3) is 4.97. The molecule has 2 rings (SSSR count). The van der Waals surface area contributed by atoms with Crippen molar-refractivity contribution in [3.8, 4) is 0 Å². The predicted molar refractivity (Wildman–Crippen MR) is 73.1 cm³/mol. The van der Waals surface area contributed by atoms with Gasteiger partial charge in [-0.3, -0.25) is 9.59 Å². The van der Waals surface area contributed by atoms with Crippen LogP contribution in [-0.2, 0) is 9.59 Å². The number of amides is 2. The largest absolute Gasteiger partial charge is 0.395 e. The van der Waals surface area contributed by atoms with Crippen molar-refractivity contribution in [3.63, 3.8) is 0 Å². The van der Waals surface area contributed by atoms with Crippen LogP contribution in [0.25, 0.3) is 0 Å². The Morgan fingerprint density at radius 3 is 2.84 bits per heavy atom. The molecule has 1 unspecified atom stereocenters. The maximum atomic E-state index is 12.1. The molecule has 0 spiro atoms. The quantitative estimate of drug-likeness (QED) is 0.593. The predicted octanol–water partition coefficient (Wildman–Crippen LogP) is -0.883. The van der Waals surface area contributed by atoms with Gasteiger partial charge in [0.2, 0.25) is 11.8 Å². The van der Waals surface area contributed by atoms with Crippen molar-refractivity contribution in [1.29, 1.82) is 0 Å². The van der Waals surface area contributed by atoms with E-state index in [2.05, 4.69) is 10.6 Å². The van der Waals surface area contributed by atoms with Crippen LogP contribution in [0, 0.1) is 5.92 Å². The van der Waals surface area contributed by atoms with E-state index in [1.807, 2.05) is 4.90 Å². The van der Waals surface area contributed by atoms with E-state index in [0.717, 1.165) is 19.6 Å². The third-order valence-electron chi connectivity index (χ3n) is 3.38. The minimum atomic E-state index is -0.406. The van der Waals surface area contributed by atoms with Crippen LogP contribution >= 0.6 is 12.4 Å². The minimum absolute atomic E-state index is 0. The average Bonchev–Trinajstić information content (AvgIpc) is 3.16. The highest BCUT2D eigenvalue weighted by Gasteiger charge is 2.33. The fourth-order valence-electron chi connectivity index (χ4n) is 2.20. The van der Waals surface area contributed by atoms with E-state index < -0.39 is 6.04 Å². The SMILES string of the molecule is Cl.O=C(CC1NCCN(CC2CC2)C1=O)NCCO. The number of carbonyl (C=O) groups is 2. The number of aliphatic hydroxyl groups is 1. The number of hydrogen-bond acceptors (Lipinski definition) is 4. The van der Waals surface area contributed by atoms with E-state index in [4.69, 9.17) is 5.11 Å². The highest BCUT2D eigenvalue weighted by molar-refractivity contribution is 5.88. The van der Waals surface area contributed by atoms with E-state index in [9.17, 15) is 9.59 Å². The minimum Gasteiger partial charge on any atom is -0.395 e. The van der Waals surface area contributed by atoms with Gasteiger partial charge in [-0.15, -0.1) is 12.4 Å². The first kappa shape index (κ1) is 16.2. The lowest BCUT2D eigenvalue weighted by Crippen LogP contribution is -2.56. The molecule has 7 heteroatoms. The van der Waals surface area contributed by atoms with Crippen LogP contribution in [0.5, 0.6) is 0 Å². The molecular formula is C12H22ClN3O3. The van der Waals surface area contributed by atoms with Crippen LogP contribution in [-0.4, -0.2) is 60.6 Å². The summed E-state index contributed by atoms with van der Waals surface area (Å²) in [6.45, 7) is 2.49. The molecule has 0 aromatic heterocycles. The Balaban J connectivity index is 0.00000180. The molecule has 0 aromatic rings. The molecule has 6 nitrogen and oxygen atoms in total. The van der Waals surface area contributed by atoms with Gasteiger partial charge in [-0.05, 0) is 18.8 Å². The molecule has 1 saturated carbocycles. The van der Waals surface area contributed by atoms with Crippen molar-refractivity contribution in [2.75, 3.05) is 32.8 Å². The van der Waals surface area contributed by atoms with E-state index in [-0.39, 0.29) is 43.8 Å². The monoisotopic (exact) mass is 291 g/mol. The Labute approximate surface area is 119 Å². The zero-order valence-electron chi connectivity index (χ0n) is 10.9. The summed E-state index contributed by atoms with van der Waals surface area (Å²) in [5.74, 6) is 0.520. The second kappa shape index (κ2) is 7.67. The zero-order valence-corrected chi connectivity index (χ0v) is 11.7. The maximum Gasteiger partial charge on any atom is 0.240 e. The molecule has 2 aliphatic rings. The fraction of sp³-hybridized carbons (Fsp3) is 0.833.